The summed E-state index contributed by atoms with van der Waals surface area (Å²) in [7, 11) is 0. The van der Waals surface area contributed by atoms with Crippen molar-refractivity contribution >= 4 is 33.1 Å². The summed E-state index contributed by atoms with van der Waals surface area (Å²) in [5.74, 6) is 0.136. The second-order valence-electron chi connectivity index (χ2n) is 3.73. The monoisotopic (exact) mass is 275 g/mol. The average Bonchev–Trinajstić information content (AvgIpc) is 3.05. The number of amides is 1. The van der Waals surface area contributed by atoms with Crippen molar-refractivity contribution in [3.05, 3.63) is 35.4 Å². The SMILES string of the molecule is Nc1c(C(=O)NCc2ncon2)sc2ncccc12. The predicted molar refractivity (Wildman–Crippen MR) is 69.5 cm³/mol. The predicted octanol–water partition coefficient (Wildman–Crippen LogP) is 1.19. The van der Waals surface area contributed by atoms with Gasteiger partial charge in [-0.1, -0.05) is 5.16 Å². The molecule has 8 heteroatoms. The third-order valence-electron chi connectivity index (χ3n) is 2.52. The number of carbonyl (C=O) groups is 1. The molecule has 0 aromatic carbocycles. The molecular weight excluding hydrogens is 266 g/mol. The van der Waals surface area contributed by atoms with Gasteiger partial charge in [-0.25, -0.2) is 4.98 Å². The maximum absolute atomic E-state index is 12.0. The van der Waals surface area contributed by atoms with Gasteiger partial charge in [0.25, 0.3) is 5.91 Å². The summed E-state index contributed by atoms with van der Waals surface area (Å²) in [5.41, 5.74) is 6.39. The molecule has 0 bridgehead atoms. The standard InChI is InChI=1S/C11H9N5O2S/c12-8-6-2-1-3-13-11(6)19-9(8)10(17)14-4-7-15-5-18-16-7/h1-3,5H,4,12H2,(H,14,17). The first-order chi connectivity index (χ1) is 9.25. The minimum atomic E-state index is -0.273. The lowest BCUT2D eigenvalue weighted by Gasteiger charge is -2.00. The zero-order valence-electron chi connectivity index (χ0n) is 9.66. The largest absolute Gasteiger partial charge is 0.397 e. The summed E-state index contributed by atoms with van der Waals surface area (Å²) in [5, 5.41) is 7.08. The Bertz CT molecular complexity index is 722. The van der Waals surface area contributed by atoms with Crippen LogP contribution in [0.4, 0.5) is 5.69 Å². The van der Waals surface area contributed by atoms with Crippen LogP contribution in [0.15, 0.2) is 29.2 Å². The van der Waals surface area contributed by atoms with Gasteiger partial charge in [0.15, 0.2) is 5.82 Å². The Morgan fingerprint density at radius 2 is 2.37 bits per heavy atom. The van der Waals surface area contributed by atoms with E-state index in [1.165, 1.54) is 17.7 Å². The molecule has 0 atom stereocenters. The van der Waals surface area contributed by atoms with Crippen LogP contribution in [-0.2, 0) is 6.54 Å². The smallest absolute Gasteiger partial charge is 0.263 e. The van der Waals surface area contributed by atoms with Gasteiger partial charge in [0.05, 0.1) is 12.2 Å². The molecule has 3 aromatic heterocycles. The molecule has 3 N–H and O–H groups in total. The molecule has 0 aliphatic carbocycles. The number of aromatic nitrogens is 3. The molecule has 0 saturated carbocycles. The lowest BCUT2D eigenvalue weighted by molar-refractivity contribution is 0.0954. The molecule has 96 valence electrons. The minimum Gasteiger partial charge on any atom is -0.397 e. The van der Waals surface area contributed by atoms with Crippen molar-refractivity contribution in [2.45, 2.75) is 6.54 Å². The van der Waals surface area contributed by atoms with E-state index in [9.17, 15) is 4.79 Å². The van der Waals surface area contributed by atoms with Crippen molar-refractivity contribution in [2.75, 3.05) is 5.73 Å². The van der Waals surface area contributed by atoms with E-state index in [-0.39, 0.29) is 12.5 Å². The lowest BCUT2D eigenvalue weighted by atomic mass is 10.2. The van der Waals surface area contributed by atoms with Gasteiger partial charge in [-0.3, -0.25) is 4.79 Å². The third kappa shape index (κ3) is 2.13. The van der Waals surface area contributed by atoms with Gasteiger partial charge < -0.3 is 15.6 Å². The number of thiophene rings is 1. The van der Waals surface area contributed by atoms with Crippen LogP contribution < -0.4 is 11.1 Å². The van der Waals surface area contributed by atoms with Crippen molar-refractivity contribution in [1.82, 2.24) is 20.4 Å². The fraction of sp³-hybridized carbons (Fsp3) is 0.0909. The summed E-state index contributed by atoms with van der Waals surface area (Å²) in [6, 6.07) is 3.62. The number of nitrogens with two attached hydrogens (primary N) is 1. The van der Waals surface area contributed by atoms with E-state index in [0.29, 0.717) is 16.4 Å². The topological polar surface area (TPSA) is 107 Å². The fourth-order valence-electron chi connectivity index (χ4n) is 1.63. The molecule has 0 aliphatic rings. The Balaban J connectivity index is 1.83. The van der Waals surface area contributed by atoms with E-state index < -0.39 is 0 Å². The maximum Gasteiger partial charge on any atom is 0.263 e. The van der Waals surface area contributed by atoms with Gasteiger partial charge in [-0.05, 0) is 12.1 Å². The van der Waals surface area contributed by atoms with Crippen LogP contribution in [0.2, 0.25) is 0 Å². The van der Waals surface area contributed by atoms with Crippen LogP contribution in [-0.4, -0.2) is 21.0 Å². The molecular formula is C11H9N5O2S. The van der Waals surface area contributed by atoms with Gasteiger partial charge >= 0.3 is 0 Å². The molecule has 0 spiro atoms. The first kappa shape index (κ1) is 11.6. The summed E-state index contributed by atoms with van der Waals surface area (Å²) >= 11 is 1.26. The highest BCUT2D eigenvalue weighted by atomic mass is 32.1. The number of nitrogen functional groups attached to an aromatic ring is 1. The van der Waals surface area contributed by atoms with Gasteiger partial charge in [-0.2, -0.15) is 4.98 Å². The van der Waals surface area contributed by atoms with Crippen LogP contribution in [0.3, 0.4) is 0 Å². The Kier molecular flexibility index (Phi) is 2.84. The molecule has 0 unspecified atom stereocenters. The number of hydrogen-bond acceptors (Lipinski definition) is 7. The molecule has 0 fully saturated rings. The maximum atomic E-state index is 12.0. The van der Waals surface area contributed by atoms with Crippen LogP contribution in [0.25, 0.3) is 10.2 Å². The van der Waals surface area contributed by atoms with Crippen molar-refractivity contribution in [3.63, 3.8) is 0 Å². The van der Waals surface area contributed by atoms with E-state index >= 15 is 0 Å². The molecule has 3 heterocycles. The van der Waals surface area contributed by atoms with Gasteiger partial charge in [-0.15, -0.1) is 11.3 Å². The number of fused-ring (bicyclic) bond motifs is 1. The van der Waals surface area contributed by atoms with E-state index in [4.69, 9.17) is 5.73 Å². The zero-order valence-corrected chi connectivity index (χ0v) is 10.5. The molecule has 0 aliphatic heterocycles. The number of pyridine rings is 1. The Morgan fingerprint density at radius 3 is 3.11 bits per heavy atom. The van der Waals surface area contributed by atoms with Crippen LogP contribution in [0, 0.1) is 0 Å². The first-order valence-electron chi connectivity index (χ1n) is 5.42. The Hall–Kier alpha value is -2.48. The molecule has 1 amide bonds. The van der Waals surface area contributed by atoms with Crippen molar-refractivity contribution in [1.29, 1.82) is 0 Å². The Morgan fingerprint density at radius 1 is 1.47 bits per heavy atom. The lowest BCUT2D eigenvalue weighted by Crippen LogP contribution is -2.23. The Labute approximate surface area is 111 Å². The number of carbonyl (C=O) groups excluding carboxylic acids is 1. The first-order valence-corrected chi connectivity index (χ1v) is 6.24. The van der Waals surface area contributed by atoms with Crippen molar-refractivity contribution in [3.8, 4) is 0 Å². The molecule has 3 aromatic rings. The highest BCUT2D eigenvalue weighted by Gasteiger charge is 2.16. The summed E-state index contributed by atoms with van der Waals surface area (Å²) in [6.45, 7) is 0.191. The van der Waals surface area contributed by atoms with Crippen molar-refractivity contribution < 1.29 is 9.32 Å². The zero-order chi connectivity index (χ0) is 13.2. The van der Waals surface area contributed by atoms with Crippen LogP contribution >= 0.6 is 11.3 Å². The number of nitrogens with one attached hydrogen (secondary N) is 1. The summed E-state index contributed by atoms with van der Waals surface area (Å²) in [6.07, 6.45) is 2.87. The second-order valence-corrected chi connectivity index (χ2v) is 4.73. The van der Waals surface area contributed by atoms with Crippen LogP contribution in [0.1, 0.15) is 15.5 Å². The second kappa shape index (κ2) is 4.65. The van der Waals surface area contributed by atoms with E-state index in [1.807, 2.05) is 6.07 Å². The van der Waals surface area contributed by atoms with Gasteiger partial charge in [0.2, 0.25) is 6.39 Å². The summed E-state index contributed by atoms with van der Waals surface area (Å²) in [4.78, 5) is 21.2. The number of anilines is 1. The van der Waals surface area contributed by atoms with Crippen molar-refractivity contribution in [2.24, 2.45) is 0 Å². The van der Waals surface area contributed by atoms with Crippen LogP contribution in [0.5, 0.6) is 0 Å². The number of hydrogen-bond donors (Lipinski definition) is 2. The molecule has 19 heavy (non-hydrogen) atoms. The molecule has 0 saturated heterocycles. The third-order valence-corrected chi connectivity index (χ3v) is 3.65. The normalized spacial score (nSPS) is 10.7. The molecule has 0 radical (unpaired) electrons. The minimum absolute atomic E-state index is 0.191. The summed E-state index contributed by atoms with van der Waals surface area (Å²) < 4.78 is 4.58. The molecule has 7 nitrogen and oxygen atoms in total. The average molecular weight is 275 g/mol. The van der Waals surface area contributed by atoms with Gasteiger partial charge in [0.1, 0.15) is 9.71 Å². The highest BCUT2D eigenvalue weighted by Crippen LogP contribution is 2.31. The van der Waals surface area contributed by atoms with E-state index in [1.54, 1.807) is 12.3 Å². The fourth-order valence-corrected chi connectivity index (χ4v) is 2.61. The van der Waals surface area contributed by atoms with E-state index in [2.05, 4.69) is 25.0 Å². The number of rotatable bonds is 3. The highest BCUT2D eigenvalue weighted by molar-refractivity contribution is 7.21. The quantitative estimate of drug-likeness (QED) is 0.743. The number of nitrogens with zero attached hydrogens (tertiary/aromatic N) is 3. The molecule has 3 rings (SSSR count). The van der Waals surface area contributed by atoms with Gasteiger partial charge in [0, 0.05) is 11.6 Å². The van der Waals surface area contributed by atoms with E-state index in [0.717, 1.165) is 10.2 Å².